The number of unbranched alkanes of at least 4 members (excludes halogenated alkanes) is 3. The highest BCUT2D eigenvalue weighted by atomic mass is 16.5. The van der Waals surface area contributed by atoms with Gasteiger partial charge in [-0.1, -0.05) is 38.5 Å². The first kappa shape index (κ1) is 16.7. The lowest BCUT2D eigenvalue weighted by Gasteiger charge is -2.18. The second-order valence-electron chi connectivity index (χ2n) is 5.24. The van der Waals surface area contributed by atoms with Crippen molar-refractivity contribution in [3.8, 4) is 5.75 Å². The number of rotatable bonds is 11. The van der Waals surface area contributed by atoms with Crippen LogP contribution in [0.2, 0.25) is 0 Å². The smallest absolute Gasteiger partial charge is 0.198 e. The van der Waals surface area contributed by atoms with Crippen molar-refractivity contribution in [3.05, 3.63) is 29.8 Å². The molecule has 0 aliphatic heterocycles. The summed E-state index contributed by atoms with van der Waals surface area (Å²) in [6.45, 7) is 5.21. The van der Waals surface area contributed by atoms with Crippen molar-refractivity contribution in [2.24, 2.45) is 0 Å². The van der Waals surface area contributed by atoms with Crippen molar-refractivity contribution in [2.75, 3.05) is 6.61 Å². The second-order valence-corrected chi connectivity index (χ2v) is 5.24. The molecular weight excluding hydrogens is 248 g/mol. The Balaban J connectivity index is 2.50. The molecule has 1 aromatic carbocycles. The number of carbonyl (C=O) groups excluding carboxylic acids is 1. The van der Waals surface area contributed by atoms with Gasteiger partial charge in [0.15, 0.2) is 6.29 Å². The summed E-state index contributed by atoms with van der Waals surface area (Å²) in [4.78, 5) is 10.1. The highest BCUT2D eigenvalue weighted by molar-refractivity contribution is 5.50. The Morgan fingerprint density at radius 3 is 2.65 bits per heavy atom. The molecule has 0 saturated heterocycles. The fraction of sp³-hybridized carbons (Fsp3) is 0.611. The molecule has 0 amide bonds. The van der Waals surface area contributed by atoms with Gasteiger partial charge in [-0.2, -0.15) is 0 Å². The quantitative estimate of drug-likeness (QED) is 0.529. The molecule has 20 heavy (non-hydrogen) atoms. The molecular formula is C18H27O2. The van der Waals surface area contributed by atoms with Crippen LogP contribution in [-0.4, -0.2) is 12.9 Å². The van der Waals surface area contributed by atoms with Gasteiger partial charge in [0.25, 0.3) is 0 Å². The first-order valence-corrected chi connectivity index (χ1v) is 7.90. The molecule has 0 fully saturated rings. The average Bonchev–Trinajstić information content (AvgIpc) is 2.49. The Hall–Kier alpha value is -1.31. The highest BCUT2D eigenvalue weighted by Gasteiger charge is 2.13. The van der Waals surface area contributed by atoms with Gasteiger partial charge in [-0.05, 0) is 49.7 Å². The topological polar surface area (TPSA) is 26.3 Å². The summed E-state index contributed by atoms with van der Waals surface area (Å²) in [5, 5.41) is 0. The third kappa shape index (κ3) is 5.77. The van der Waals surface area contributed by atoms with Gasteiger partial charge in [0.1, 0.15) is 5.75 Å². The van der Waals surface area contributed by atoms with Gasteiger partial charge >= 0.3 is 0 Å². The normalized spacial score (nSPS) is 12.1. The van der Waals surface area contributed by atoms with Crippen molar-refractivity contribution in [1.82, 2.24) is 0 Å². The van der Waals surface area contributed by atoms with Crippen LogP contribution in [0.5, 0.6) is 5.75 Å². The molecule has 2 heteroatoms. The minimum atomic E-state index is 0.547. The van der Waals surface area contributed by atoms with Crippen LogP contribution in [-0.2, 0) is 4.79 Å². The van der Waals surface area contributed by atoms with Gasteiger partial charge < -0.3 is 4.74 Å². The third-order valence-corrected chi connectivity index (χ3v) is 3.67. The fourth-order valence-electron chi connectivity index (χ4n) is 2.54. The second kappa shape index (κ2) is 10.5. The maximum absolute atomic E-state index is 10.1. The minimum absolute atomic E-state index is 0.547. The fourth-order valence-corrected chi connectivity index (χ4v) is 2.54. The Kier molecular flexibility index (Phi) is 8.77. The zero-order valence-electron chi connectivity index (χ0n) is 12.9. The Labute approximate surface area is 123 Å². The number of ether oxygens (including phenoxy) is 1. The predicted octanol–water partition coefficient (Wildman–Crippen LogP) is 5.03. The molecule has 0 aliphatic carbocycles. The SMILES string of the molecule is CCCC(CC)c1ccccc1OCCCCC[C]=O. The van der Waals surface area contributed by atoms with E-state index in [1.54, 1.807) is 0 Å². The Morgan fingerprint density at radius 1 is 1.15 bits per heavy atom. The van der Waals surface area contributed by atoms with E-state index in [4.69, 9.17) is 4.74 Å². The van der Waals surface area contributed by atoms with Gasteiger partial charge in [0, 0.05) is 6.42 Å². The number of hydrogen-bond donors (Lipinski definition) is 0. The summed E-state index contributed by atoms with van der Waals surface area (Å²) < 4.78 is 5.95. The van der Waals surface area contributed by atoms with E-state index in [0.29, 0.717) is 12.3 Å². The summed E-state index contributed by atoms with van der Waals surface area (Å²) in [5.41, 5.74) is 1.35. The lowest BCUT2D eigenvalue weighted by Crippen LogP contribution is -2.04. The molecule has 0 N–H and O–H groups in total. The maximum Gasteiger partial charge on any atom is 0.198 e. The zero-order chi connectivity index (χ0) is 14.6. The lowest BCUT2D eigenvalue weighted by molar-refractivity contribution is 0.300. The van der Waals surface area contributed by atoms with Crippen molar-refractivity contribution in [2.45, 2.75) is 64.7 Å². The van der Waals surface area contributed by atoms with Gasteiger partial charge in [-0.3, -0.25) is 4.79 Å². The van der Waals surface area contributed by atoms with Crippen LogP contribution in [0.15, 0.2) is 24.3 Å². The molecule has 1 aromatic rings. The van der Waals surface area contributed by atoms with E-state index in [-0.39, 0.29) is 0 Å². The Morgan fingerprint density at radius 2 is 1.95 bits per heavy atom. The molecule has 0 bridgehead atoms. The first-order valence-electron chi connectivity index (χ1n) is 7.90. The Bertz CT molecular complexity index is 373. The highest BCUT2D eigenvalue weighted by Crippen LogP contribution is 2.32. The van der Waals surface area contributed by atoms with E-state index in [9.17, 15) is 4.79 Å². The van der Waals surface area contributed by atoms with Gasteiger partial charge in [0.05, 0.1) is 6.61 Å². The van der Waals surface area contributed by atoms with Gasteiger partial charge in [0.2, 0.25) is 0 Å². The van der Waals surface area contributed by atoms with E-state index in [2.05, 4.69) is 32.0 Å². The first-order chi connectivity index (χ1) is 9.83. The molecule has 0 aliphatic rings. The third-order valence-electron chi connectivity index (χ3n) is 3.67. The molecule has 1 unspecified atom stereocenters. The van der Waals surface area contributed by atoms with Crippen LogP contribution in [0.3, 0.4) is 0 Å². The van der Waals surface area contributed by atoms with Crippen molar-refractivity contribution >= 4 is 6.29 Å². The minimum Gasteiger partial charge on any atom is -0.493 e. The van der Waals surface area contributed by atoms with E-state index in [0.717, 1.165) is 38.0 Å². The average molecular weight is 275 g/mol. The largest absolute Gasteiger partial charge is 0.493 e. The van der Waals surface area contributed by atoms with Crippen LogP contribution in [0.4, 0.5) is 0 Å². The summed E-state index contributed by atoms with van der Waals surface area (Å²) >= 11 is 0. The summed E-state index contributed by atoms with van der Waals surface area (Å²) in [6, 6.07) is 8.41. The van der Waals surface area contributed by atoms with Crippen LogP contribution < -0.4 is 4.74 Å². The molecule has 1 rings (SSSR count). The van der Waals surface area contributed by atoms with Crippen molar-refractivity contribution in [1.29, 1.82) is 0 Å². The summed E-state index contributed by atoms with van der Waals surface area (Å²) in [7, 11) is 0. The van der Waals surface area contributed by atoms with Crippen LogP contribution in [0, 0.1) is 0 Å². The molecule has 1 atom stereocenters. The number of benzene rings is 1. The number of hydrogen-bond acceptors (Lipinski definition) is 2. The zero-order valence-corrected chi connectivity index (χ0v) is 12.9. The lowest BCUT2D eigenvalue weighted by atomic mass is 9.91. The summed E-state index contributed by atoms with van der Waals surface area (Å²) in [5.74, 6) is 1.63. The van der Waals surface area contributed by atoms with Crippen LogP contribution in [0.1, 0.15) is 70.3 Å². The summed E-state index contributed by atoms with van der Waals surface area (Å²) in [6.07, 6.45) is 9.00. The molecule has 111 valence electrons. The van der Waals surface area contributed by atoms with Gasteiger partial charge in [-0.15, -0.1) is 0 Å². The van der Waals surface area contributed by atoms with E-state index < -0.39 is 0 Å². The standard InChI is InChI=1S/C18H27O2/c1-3-11-16(4-2)17-12-7-8-13-18(17)20-15-10-6-5-9-14-19/h7-8,12-13,16H,3-6,9-11,15H2,1-2H3. The van der Waals surface area contributed by atoms with Crippen LogP contribution >= 0.6 is 0 Å². The van der Waals surface area contributed by atoms with Crippen LogP contribution in [0.25, 0.3) is 0 Å². The van der Waals surface area contributed by atoms with E-state index >= 15 is 0 Å². The van der Waals surface area contributed by atoms with Crippen molar-refractivity contribution < 1.29 is 9.53 Å². The number of para-hydroxylation sites is 1. The molecule has 0 spiro atoms. The molecule has 2 nitrogen and oxygen atoms in total. The molecule has 0 aromatic heterocycles. The van der Waals surface area contributed by atoms with E-state index in [1.807, 2.05) is 12.4 Å². The molecule has 0 saturated carbocycles. The molecule has 1 radical (unpaired) electrons. The van der Waals surface area contributed by atoms with Crippen molar-refractivity contribution in [3.63, 3.8) is 0 Å². The van der Waals surface area contributed by atoms with Gasteiger partial charge in [-0.25, -0.2) is 0 Å². The monoisotopic (exact) mass is 275 g/mol. The molecule has 0 heterocycles. The van der Waals surface area contributed by atoms with E-state index in [1.165, 1.54) is 18.4 Å². The maximum atomic E-state index is 10.1. The predicted molar refractivity (Wildman–Crippen MR) is 84.0 cm³/mol.